The van der Waals surface area contributed by atoms with Gasteiger partial charge in [-0.2, -0.15) is 8.78 Å². The number of rotatable bonds is 7. The maximum Gasteiger partial charge on any atom is 0.387 e. The number of non-ortho nitro benzene ring substituents is 1. The lowest BCUT2D eigenvalue weighted by atomic mass is 10.1. The largest absolute Gasteiger partial charge is 0.433 e. The Balaban J connectivity index is 1.98. The second kappa shape index (κ2) is 8.70. The Labute approximate surface area is 145 Å². The summed E-state index contributed by atoms with van der Waals surface area (Å²) in [4.78, 5) is 21.9. The van der Waals surface area contributed by atoms with Crippen molar-refractivity contribution in [1.29, 1.82) is 0 Å². The van der Waals surface area contributed by atoms with Crippen molar-refractivity contribution in [3.63, 3.8) is 0 Å². The molecule has 2 amide bonds. The summed E-state index contributed by atoms with van der Waals surface area (Å²) in [6.07, 6.45) is 0.406. The van der Waals surface area contributed by atoms with E-state index in [4.69, 9.17) is 0 Å². The third-order valence-corrected chi connectivity index (χ3v) is 3.25. The lowest BCUT2D eigenvalue weighted by molar-refractivity contribution is -0.384. The van der Waals surface area contributed by atoms with E-state index in [0.717, 1.165) is 23.8 Å². The maximum atomic E-state index is 12.8. The van der Waals surface area contributed by atoms with Crippen LogP contribution in [0.15, 0.2) is 42.5 Å². The summed E-state index contributed by atoms with van der Waals surface area (Å²) in [5, 5.41) is 15.5. The van der Waals surface area contributed by atoms with Crippen LogP contribution in [0.25, 0.3) is 0 Å². The van der Waals surface area contributed by atoms with Crippen molar-refractivity contribution in [3.05, 3.63) is 64.0 Å². The van der Waals surface area contributed by atoms with Crippen LogP contribution >= 0.6 is 0 Å². The van der Waals surface area contributed by atoms with Crippen molar-refractivity contribution in [2.45, 2.75) is 13.0 Å². The highest BCUT2D eigenvalue weighted by Gasteiger charge is 2.16. The molecular formula is C16H14F3N3O4. The summed E-state index contributed by atoms with van der Waals surface area (Å²) in [5.41, 5.74) is 0.121. The van der Waals surface area contributed by atoms with E-state index >= 15 is 0 Å². The van der Waals surface area contributed by atoms with Crippen molar-refractivity contribution in [2.75, 3.05) is 11.9 Å². The standard InChI is InChI=1S/C16H14F3N3O4/c17-11-3-1-10(2-4-11)7-8-20-16(23)21-13-9-12(22(24)25)5-6-14(13)26-15(18)19/h1-6,9,15H,7-8H2,(H2,20,21,23). The number of halogens is 3. The Morgan fingerprint density at radius 2 is 1.88 bits per heavy atom. The topological polar surface area (TPSA) is 93.5 Å². The predicted molar refractivity (Wildman–Crippen MR) is 86.9 cm³/mol. The number of nitro groups is 1. The second-order valence-electron chi connectivity index (χ2n) is 5.07. The highest BCUT2D eigenvalue weighted by Crippen LogP contribution is 2.30. The summed E-state index contributed by atoms with van der Waals surface area (Å²) >= 11 is 0. The van der Waals surface area contributed by atoms with Crippen LogP contribution in [0, 0.1) is 15.9 Å². The van der Waals surface area contributed by atoms with Crippen LogP contribution in [-0.4, -0.2) is 24.1 Å². The zero-order valence-electron chi connectivity index (χ0n) is 13.2. The smallest absolute Gasteiger partial charge is 0.387 e. The molecule has 10 heteroatoms. The van der Waals surface area contributed by atoms with Crippen molar-refractivity contribution >= 4 is 17.4 Å². The molecule has 26 heavy (non-hydrogen) atoms. The molecule has 0 unspecified atom stereocenters. The first-order valence-corrected chi connectivity index (χ1v) is 7.37. The molecule has 0 aliphatic rings. The van der Waals surface area contributed by atoms with E-state index < -0.39 is 29.0 Å². The average Bonchev–Trinajstić information content (AvgIpc) is 2.57. The fourth-order valence-corrected chi connectivity index (χ4v) is 2.07. The van der Waals surface area contributed by atoms with Crippen LogP contribution in [0.2, 0.25) is 0 Å². The number of hydrogen-bond acceptors (Lipinski definition) is 4. The van der Waals surface area contributed by atoms with Gasteiger partial charge in [0.2, 0.25) is 0 Å². The van der Waals surface area contributed by atoms with Gasteiger partial charge in [-0.25, -0.2) is 9.18 Å². The molecule has 2 aromatic rings. The van der Waals surface area contributed by atoms with Gasteiger partial charge >= 0.3 is 12.6 Å². The molecular weight excluding hydrogens is 355 g/mol. The van der Waals surface area contributed by atoms with Crippen LogP contribution < -0.4 is 15.4 Å². The quantitative estimate of drug-likeness (QED) is 0.575. The molecule has 0 aliphatic heterocycles. The van der Waals surface area contributed by atoms with E-state index in [2.05, 4.69) is 15.4 Å². The van der Waals surface area contributed by atoms with Crippen LogP contribution in [0.4, 0.5) is 29.3 Å². The fourth-order valence-electron chi connectivity index (χ4n) is 2.07. The molecule has 0 spiro atoms. The molecule has 0 saturated heterocycles. The monoisotopic (exact) mass is 369 g/mol. The summed E-state index contributed by atoms with van der Waals surface area (Å²) in [6.45, 7) is -2.98. The summed E-state index contributed by atoms with van der Waals surface area (Å²) < 4.78 is 41.8. The zero-order valence-corrected chi connectivity index (χ0v) is 13.2. The van der Waals surface area contributed by atoms with Gasteiger partial charge < -0.3 is 15.4 Å². The number of alkyl halides is 2. The molecule has 7 nitrogen and oxygen atoms in total. The Morgan fingerprint density at radius 3 is 2.50 bits per heavy atom. The molecule has 0 heterocycles. The Morgan fingerprint density at radius 1 is 1.19 bits per heavy atom. The molecule has 0 aromatic heterocycles. The van der Waals surface area contributed by atoms with Gasteiger partial charge in [-0.1, -0.05) is 12.1 Å². The number of carbonyl (C=O) groups is 1. The zero-order chi connectivity index (χ0) is 19.1. The van der Waals surface area contributed by atoms with Gasteiger partial charge in [-0.3, -0.25) is 10.1 Å². The predicted octanol–water partition coefficient (Wildman–Crippen LogP) is 3.70. The van der Waals surface area contributed by atoms with E-state index in [1.54, 1.807) is 12.1 Å². The normalized spacial score (nSPS) is 10.5. The molecule has 0 aliphatic carbocycles. The van der Waals surface area contributed by atoms with Gasteiger partial charge in [0.15, 0.2) is 0 Å². The number of nitrogens with zero attached hydrogens (tertiary/aromatic N) is 1. The van der Waals surface area contributed by atoms with Gasteiger partial charge in [0.25, 0.3) is 5.69 Å². The number of amides is 2. The lowest BCUT2D eigenvalue weighted by Crippen LogP contribution is -2.30. The number of ether oxygens (including phenoxy) is 1. The molecule has 0 saturated carbocycles. The number of carbonyl (C=O) groups excluding carboxylic acids is 1. The fraction of sp³-hybridized carbons (Fsp3) is 0.188. The summed E-state index contributed by atoms with van der Waals surface area (Å²) in [7, 11) is 0. The van der Waals surface area contributed by atoms with Gasteiger partial charge in [0.1, 0.15) is 11.6 Å². The molecule has 0 atom stereocenters. The number of nitrogens with one attached hydrogen (secondary N) is 2. The van der Waals surface area contributed by atoms with Crippen molar-refractivity contribution in [1.82, 2.24) is 5.32 Å². The number of anilines is 1. The number of urea groups is 1. The third-order valence-electron chi connectivity index (χ3n) is 3.25. The highest BCUT2D eigenvalue weighted by molar-refractivity contribution is 5.91. The van der Waals surface area contributed by atoms with Crippen molar-refractivity contribution in [3.8, 4) is 5.75 Å². The molecule has 2 rings (SSSR count). The highest BCUT2D eigenvalue weighted by atomic mass is 19.3. The van der Waals surface area contributed by atoms with Crippen molar-refractivity contribution in [2.24, 2.45) is 0 Å². The minimum atomic E-state index is -3.15. The van der Waals surface area contributed by atoms with E-state index in [0.29, 0.717) is 6.42 Å². The minimum Gasteiger partial charge on any atom is -0.433 e. The van der Waals surface area contributed by atoms with E-state index in [1.807, 2.05) is 0 Å². The molecule has 0 radical (unpaired) electrons. The van der Waals surface area contributed by atoms with Crippen LogP contribution in [0.1, 0.15) is 5.56 Å². The second-order valence-corrected chi connectivity index (χ2v) is 5.07. The van der Waals surface area contributed by atoms with Crippen LogP contribution in [-0.2, 0) is 6.42 Å². The number of nitro benzene ring substituents is 1. The van der Waals surface area contributed by atoms with E-state index in [9.17, 15) is 28.1 Å². The average molecular weight is 369 g/mol. The SMILES string of the molecule is O=C(NCCc1ccc(F)cc1)Nc1cc([N+](=O)[O-])ccc1OC(F)F. The summed E-state index contributed by atoms with van der Waals surface area (Å²) in [5.74, 6) is -0.782. The number of hydrogen-bond donors (Lipinski definition) is 2. The van der Waals surface area contributed by atoms with Crippen LogP contribution in [0.3, 0.4) is 0 Å². The first kappa shape index (κ1) is 19.0. The Hall–Kier alpha value is -3.30. The lowest BCUT2D eigenvalue weighted by Gasteiger charge is -2.12. The van der Waals surface area contributed by atoms with Gasteiger partial charge in [0, 0.05) is 18.7 Å². The number of benzene rings is 2. The minimum absolute atomic E-state index is 0.178. The van der Waals surface area contributed by atoms with E-state index in [1.165, 1.54) is 12.1 Å². The third kappa shape index (κ3) is 5.65. The van der Waals surface area contributed by atoms with Gasteiger partial charge in [-0.15, -0.1) is 0 Å². The molecule has 2 N–H and O–H groups in total. The van der Waals surface area contributed by atoms with Crippen LogP contribution in [0.5, 0.6) is 5.75 Å². The molecule has 0 fully saturated rings. The molecule has 138 valence electrons. The van der Waals surface area contributed by atoms with Gasteiger partial charge in [-0.05, 0) is 30.2 Å². The Kier molecular flexibility index (Phi) is 6.36. The molecule has 0 bridgehead atoms. The molecule has 2 aromatic carbocycles. The summed E-state index contributed by atoms with van der Waals surface area (Å²) in [6, 6.07) is 7.80. The Bertz CT molecular complexity index is 785. The first-order valence-electron chi connectivity index (χ1n) is 7.37. The maximum absolute atomic E-state index is 12.8. The van der Waals surface area contributed by atoms with Gasteiger partial charge in [0.05, 0.1) is 10.6 Å². The van der Waals surface area contributed by atoms with E-state index in [-0.39, 0.29) is 18.0 Å². The first-order chi connectivity index (χ1) is 12.3. The van der Waals surface area contributed by atoms with Crippen molar-refractivity contribution < 1.29 is 27.6 Å².